The van der Waals surface area contributed by atoms with Crippen LogP contribution < -0.4 is 4.74 Å². The van der Waals surface area contributed by atoms with Crippen molar-refractivity contribution in [1.29, 1.82) is 0 Å². The number of hydrogen-bond acceptors (Lipinski definition) is 7. The van der Waals surface area contributed by atoms with E-state index in [4.69, 9.17) is 9.26 Å². The molecule has 37 heavy (non-hydrogen) atoms. The van der Waals surface area contributed by atoms with Crippen LogP contribution in [0.3, 0.4) is 0 Å². The Bertz CT molecular complexity index is 1520. The topological polar surface area (TPSA) is 106 Å². The number of ether oxygens (including phenoxy) is 1. The van der Waals surface area contributed by atoms with Crippen LogP contribution in [-0.4, -0.2) is 59.9 Å². The highest BCUT2D eigenvalue weighted by atomic mass is 32.2. The van der Waals surface area contributed by atoms with Gasteiger partial charge in [0.15, 0.2) is 0 Å². The zero-order valence-electron chi connectivity index (χ0n) is 20.7. The largest absolute Gasteiger partial charge is 0.497 e. The minimum Gasteiger partial charge on any atom is -0.497 e. The molecule has 1 saturated heterocycles. The number of amides is 1. The summed E-state index contributed by atoms with van der Waals surface area (Å²) < 4.78 is 39.1. The van der Waals surface area contributed by atoms with E-state index in [1.54, 1.807) is 42.3 Å². The smallest absolute Gasteiger partial charge is 0.246 e. The summed E-state index contributed by atoms with van der Waals surface area (Å²) in [5, 5.41) is 5.83. The van der Waals surface area contributed by atoms with Gasteiger partial charge in [-0.3, -0.25) is 4.79 Å². The second kappa shape index (κ2) is 10.3. The van der Waals surface area contributed by atoms with Crippen molar-refractivity contribution in [2.45, 2.75) is 37.2 Å². The van der Waals surface area contributed by atoms with Gasteiger partial charge in [0.25, 0.3) is 0 Å². The maximum atomic E-state index is 13.6. The Morgan fingerprint density at radius 3 is 2.59 bits per heavy atom. The van der Waals surface area contributed by atoms with Crippen LogP contribution in [0.4, 0.5) is 0 Å². The molecule has 192 valence electrons. The van der Waals surface area contributed by atoms with Gasteiger partial charge in [0.1, 0.15) is 18.3 Å². The van der Waals surface area contributed by atoms with Crippen LogP contribution in [0.2, 0.25) is 0 Å². The van der Waals surface area contributed by atoms with Gasteiger partial charge in [-0.15, -0.1) is 0 Å². The molecule has 10 heteroatoms. The monoisotopic (exact) mass is 520 g/mol. The van der Waals surface area contributed by atoms with Crippen molar-refractivity contribution in [2.75, 3.05) is 20.2 Å². The van der Waals surface area contributed by atoms with Crippen LogP contribution in [0.25, 0.3) is 22.2 Å². The molecule has 3 aromatic carbocycles. The summed E-state index contributed by atoms with van der Waals surface area (Å²) in [6, 6.07) is 19.1. The second-order valence-corrected chi connectivity index (χ2v) is 10.8. The Balaban J connectivity index is 1.34. The molecule has 1 aromatic heterocycles. The molecule has 0 radical (unpaired) electrons. The molecule has 0 N–H and O–H groups in total. The van der Waals surface area contributed by atoms with E-state index in [0.717, 1.165) is 22.1 Å². The number of aromatic nitrogens is 2. The molecule has 4 aromatic rings. The van der Waals surface area contributed by atoms with Gasteiger partial charge in [0.05, 0.1) is 12.0 Å². The van der Waals surface area contributed by atoms with Crippen LogP contribution in [0.5, 0.6) is 5.75 Å². The third-order valence-electron chi connectivity index (χ3n) is 6.65. The van der Waals surface area contributed by atoms with Crippen molar-refractivity contribution in [1.82, 2.24) is 19.3 Å². The second-order valence-electron chi connectivity index (χ2n) is 8.88. The summed E-state index contributed by atoms with van der Waals surface area (Å²) in [6.45, 7) is 2.61. The van der Waals surface area contributed by atoms with Gasteiger partial charge in [-0.2, -0.15) is 9.29 Å². The molecule has 1 amide bonds. The van der Waals surface area contributed by atoms with Crippen molar-refractivity contribution >= 4 is 26.7 Å². The molecule has 9 nitrogen and oxygen atoms in total. The van der Waals surface area contributed by atoms with Gasteiger partial charge in [0, 0.05) is 18.7 Å². The number of hydrogen-bond donors (Lipinski definition) is 0. The Morgan fingerprint density at radius 1 is 1.11 bits per heavy atom. The zero-order chi connectivity index (χ0) is 26.0. The van der Waals surface area contributed by atoms with Crippen molar-refractivity contribution in [2.24, 2.45) is 0 Å². The highest BCUT2D eigenvalue weighted by Gasteiger charge is 2.41. The van der Waals surface area contributed by atoms with E-state index >= 15 is 0 Å². The Labute approximate surface area is 215 Å². The summed E-state index contributed by atoms with van der Waals surface area (Å²) in [6.07, 6.45) is 1.08. The zero-order valence-corrected chi connectivity index (χ0v) is 21.5. The lowest BCUT2D eigenvalue weighted by Crippen LogP contribution is -2.47. The van der Waals surface area contributed by atoms with E-state index in [1.807, 2.05) is 43.3 Å². The highest BCUT2D eigenvalue weighted by molar-refractivity contribution is 7.89. The number of carbonyl (C=O) groups is 1. The third-order valence-corrected chi connectivity index (χ3v) is 8.56. The van der Waals surface area contributed by atoms with E-state index in [0.29, 0.717) is 31.8 Å². The molecule has 1 aliphatic rings. The maximum Gasteiger partial charge on any atom is 0.246 e. The van der Waals surface area contributed by atoms with Crippen LogP contribution in [-0.2, 0) is 21.4 Å². The molecule has 0 bridgehead atoms. The lowest BCUT2D eigenvalue weighted by molar-refractivity contribution is -0.135. The van der Waals surface area contributed by atoms with Gasteiger partial charge in [-0.1, -0.05) is 35.5 Å². The molecule has 1 aliphatic heterocycles. The molecule has 0 spiro atoms. The molecular formula is C27H28N4O5S. The minimum absolute atomic E-state index is 0.0961. The fourth-order valence-electron chi connectivity index (χ4n) is 4.63. The van der Waals surface area contributed by atoms with E-state index in [9.17, 15) is 13.2 Å². The first-order valence-corrected chi connectivity index (χ1v) is 13.6. The normalized spacial score (nSPS) is 16.2. The molecule has 0 saturated carbocycles. The van der Waals surface area contributed by atoms with Crippen molar-refractivity contribution in [3.63, 3.8) is 0 Å². The van der Waals surface area contributed by atoms with Crippen LogP contribution >= 0.6 is 0 Å². The third kappa shape index (κ3) is 4.94. The fraction of sp³-hybridized carbons (Fsp3) is 0.296. The Hall–Kier alpha value is -3.76. The van der Waals surface area contributed by atoms with E-state index in [-0.39, 0.29) is 23.2 Å². The molecule has 2 heterocycles. The number of sulfonamides is 1. The molecule has 1 atom stereocenters. The molecular weight excluding hydrogens is 492 g/mol. The quantitative estimate of drug-likeness (QED) is 0.344. The first-order valence-electron chi connectivity index (χ1n) is 12.2. The minimum atomic E-state index is -3.85. The number of carbonyl (C=O) groups excluding carboxylic acids is 1. The summed E-state index contributed by atoms with van der Waals surface area (Å²) in [4.78, 5) is 19.7. The molecule has 5 rings (SSSR count). The number of benzene rings is 3. The van der Waals surface area contributed by atoms with Gasteiger partial charge in [0.2, 0.25) is 27.6 Å². The van der Waals surface area contributed by atoms with Gasteiger partial charge in [-0.05, 0) is 66.9 Å². The molecule has 1 unspecified atom stereocenters. The number of fused-ring (bicyclic) bond motifs is 1. The average Bonchev–Trinajstić information content (AvgIpc) is 3.62. The van der Waals surface area contributed by atoms with Crippen molar-refractivity contribution in [3.8, 4) is 17.1 Å². The highest BCUT2D eigenvalue weighted by Crippen LogP contribution is 2.29. The predicted octanol–water partition coefficient (Wildman–Crippen LogP) is 4.10. The molecule has 1 fully saturated rings. The first-order chi connectivity index (χ1) is 17.9. The average molecular weight is 521 g/mol. The maximum absolute atomic E-state index is 13.6. The Kier molecular flexibility index (Phi) is 6.94. The van der Waals surface area contributed by atoms with Crippen LogP contribution in [0.15, 0.2) is 76.1 Å². The summed E-state index contributed by atoms with van der Waals surface area (Å²) in [7, 11) is -2.26. The van der Waals surface area contributed by atoms with E-state index < -0.39 is 16.1 Å². The first kappa shape index (κ1) is 24.9. The van der Waals surface area contributed by atoms with Crippen LogP contribution in [0, 0.1) is 0 Å². The van der Waals surface area contributed by atoms with Gasteiger partial charge >= 0.3 is 0 Å². The van der Waals surface area contributed by atoms with E-state index in [2.05, 4.69) is 10.1 Å². The number of likely N-dealkylation sites (N-methyl/N-ethyl adjacent to an activating group) is 1. The SMILES string of the molecule is CCN(Cc1nc(-c2ccc(OC)cc2)no1)C(=O)C1CCCN1S(=O)(=O)c1ccc2ccccc2c1. The fourth-order valence-corrected chi connectivity index (χ4v) is 6.32. The number of rotatable bonds is 8. The lowest BCUT2D eigenvalue weighted by atomic mass is 10.1. The summed E-state index contributed by atoms with van der Waals surface area (Å²) in [5.74, 6) is 1.13. The predicted molar refractivity (Wildman–Crippen MR) is 138 cm³/mol. The molecule has 0 aliphatic carbocycles. The van der Waals surface area contributed by atoms with E-state index in [1.165, 1.54) is 4.31 Å². The number of nitrogens with zero attached hydrogens (tertiary/aromatic N) is 4. The number of methoxy groups -OCH3 is 1. The van der Waals surface area contributed by atoms with Crippen LogP contribution in [0.1, 0.15) is 25.7 Å². The lowest BCUT2D eigenvalue weighted by Gasteiger charge is -2.28. The standard InChI is InChI=1S/C27H28N4O5S/c1-3-30(18-25-28-26(29-36-25)20-10-13-22(35-2)14-11-20)27(32)24-9-6-16-31(24)37(33,34)23-15-12-19-7-4-5-8-21(19)17-23/h4-5,7-8,10-15,17,24H,3,6,9,16,18H2,1-2H3. The summed E-state index contributed by atoms with van der Waals surface area (Å²) >= 11 is 0. The Morgan fingerprint density at radius 2 is 1.86 bits per heavy atom. The van der Waals surface area contributed by atoms with Gasteiger partial charge < -0.3 is 14.2 Å². The van der Waals surface area contributed by atoms with Gasteiger partial charge in [-0.25, -0.2) is 8.42 Å². The van der Waals surface area contributed by atoms with Crippen molar-refractivity contribution in [3.05, 3.63) is 72.6 Å². The van der Waals surface area contributed by atoms with Crippen molar-refractivity contribution < 1.29 is 22.5 Å². The summed E-state index contributed by atoms with van der Waals surface area (Å²) in [5.41, 5.74) is 0.758.